The molecular weight excluding hydrogens is 363 g/mol. The molecule has 1 aliphatic rings. The minimum absolute atomic E-state index is 0.0569. The van der Waals surface area contributed by atoms with Gasteiger partial charge in [-0.2, -0.15) is 27.6 Å². The lowest BCUT2D eigenvalue weighted by atomic mass is 9.86. The molecule has 1 saturated heterocycles. The SMILES string of the molecule is Cc1noc(C2(C(F)(F)F)CCN(S(=O)(=O)c3c(C)n[nH]c3C)C2)n1. The predicted molar refractivity (Wildman–Crippen MR) is 78.2 cm³/mol. The maximum atomic E-state index is 13.8. The topological polar surface area (TPSA) is 105 Å². The lowest BCUT2D eigenvalue weighted by Gasteiger charge is -2.27. The molecule has 0 bridgehead atoms. The highest BCUT2D eigenvalue weighted by molar-refractivity contribution is 7.89. The monoisotopic (exact) mass is 379 g/mol. The quantitative estimate of drug-likeness (QED) is 0.869. The van der Waals surface area contributed by atoms with E-state index in [1.165, 1.54) is 20.8 Å². The zero-order valence-corrected chi connectivity index (χ0v) is 14.5. The number of aromatic amines is 1. The molecule has 3 heterocycles. The molecule has 1 atom stereocenters. The third-order valence-corrected chi connectivity index (χ3v) is 6.48. The van der Waals surface area contributed by atoms with E-state index in [2.05, 4.69) is 20.3 Å². The fourth-order valence-corrected chi connectivity index (χ4v) is 4.88. The molecule has 12 heteroatoms. The molecule has 0 amide bonds. The summed E-state index contributed by atoms with van der Waals surface area (Å²) in [7, 11) is -4.14. The molecule has 2 aromatic heterocycles. The van der Waals surface area contributed by atoms with E-state index < -0.39 is 40.5 Å². The van der Waals surface area contributed by atoms with E-state index in [0.29, 0.717) is 0 Å². The predicted octanol–water partition coefficient (Wildman–Crippen LogP) is 1.61. The zero-order valence-electron chi connectivity index (χ0n) is 13.7. The van der Waals surface area contributed by atoms with Crippen molar-refractivity contribution in [2.45, 2.75) is 43.7 Å². The van der Waals surface area contributed by atoms with Crippen LogP contribution in [0.1, 0.15) is 29.5 Å². The maximum absolute atomic E-state index is 13.8. The van der Waals surface area contributed by atoms with Gasteiger partial charge in [-0.1, -0.05) is 5.16 Å². The summed E-state index contributed by atoms with van der Waals surface area (Å²) in [6.07, 6.45) is -5.23. The third-order valence-electron chi connectivity index (χ3n) is 4.37. The van der Waals surface area contributed by atoms with Gasteiger partial charge in [0.25, 0.3) is 0 Å². The van der Waals surface area contributed by atoms with Gasteiger partial charge in [0.15, 0.2) is 11.2 Å². The van der Waals surface area contributed by atoms with Crippen LogP contribution in [0.4, 0.5) is 13.2 Å². The molecule has 0 aliphatic carbocycles. The Hall–Kier alpha value is -1.95. The largest absolute Gasteiger partial charge is 0.404 e. The van der Waals surface area contributed by atoms with Crippen LogP contribution in [0.2, 0.25) is 0 Å². The van der Waals surface area contributed by atoms with Gasteiger partial charge in [-0.05, 0) is 27.2 Å². The molecule has 1 N–H and O–H groups in total. The summed E-state index contributed by atoms with van der Waals surface area (Å²) in [6.45, 7) is 3.25. The van der Waals surface area contributed by atoms with Gasteiger partial charge in [0.2, 0.25) is 15.9 Å². The molecule has 0 spiro atoms. The molecular formula is C13H16F3N5O3S. The zero-order chi connectivity index (χ0) is 18.6. The Morgan fingerprint density at radius 2 is 1.96 bits per heavy atom. The fraction of sp³-hybridized carbons (Fsp3) is 0.615. The number of aryl methyl sites for hydroxylation is 3. The average molecular weight is 379 g/mol. The van der Waals surface area contributed by atoms with Gasteiger partial charge in [-0.25, -0.2) is 8.42 Å². The summed E-state index contributed by atoms with van der Waals surface area (Å²) in [5.41, 5.74) is -2.04. The standard InChI is InChI=1S/C13H16F3N5O3S/c1-7-10(8(2)19-18-7)25(22,23)21-5-4-12(6-21,13(14,15)16)11-17-9(3)20-24-11/h4-6H2,1-3H3,(H,18,19). The summed E-state index contributed by atoms with van der Waals surface area (Å²) in [6, 6.07) is 0. The molecule has 1 unspecified atom stereocenters. The van der Waals surface area contributed by atoms with Crippen molar-refractivity contribution in [3.63, 3.8) is 0 Å². The second-order valence-electron chi connectivity index (χ2n) is 6.08. The lowest BCUT2D eigenvalue weighted by Crippen LogP contribution is -2.46. The minimum atomic E-state index is -4.74. The van der Waals surface area contributed by atoms with Crippen molar-refractivity contribution in [3.05, 3.63) is 23.1 Å². The second-order valence-corrected chi connectivity index (χ2v) is 7.95. The van der Waals surface area contributed by atoms with Gasteiger partial charge in [0.05, 0.1) is 11.4 Å². The maximum Gasteiger partial charge on any atom is 0.404 e. The van der Waals surface area contributed by atoms with Gasteiger partial charge in [0, 0.05) is 13.1 Å². The Morgan fingerprint density at radius 3 is 2.44 bits per heavy atom. The van der Waals surface area contributed by atoms with E-state index in [1.54, 1.807) is 0 Å². The average Bonchev–Trinajstić information content (AvgIpc) is 3.17. The van der Waals surface area contributed by atoms with Crippen LogP contribution in [0.3, 0.4) is 0 Å². The normalized spacial score (nSPS) is 22.6. The summed E-state index contributed by atoms with van der Waals surface area (Å²) in [5, 5.41) is 9.76. The Morgan fingerprint density at radius 1 is 1.28 bits per heavy atom. The smallest absolute Gasteiger partial charge is 0.338 e. The molecule has 0 aromatic carbocycles. The summed E-state index contributed by atoms with van der Waals surface area (Å²) >= 11 is 0. The van der Waals surface area contributed by atoms with E-state index in [4.69, 9.17) is 4.52 Å². The Labute approximate surface area is 141 Å². The molecule has 3 rings (SSSR count). The molecule has 2 aromatic rings. The molecule has 1 aliphatic heterocycles. The first-order chi connectivity index (χ1) is 11.5. The lowest BCUT2D eigenvalue weighted by molar-refractivity contribution is -0.192. The van der Waals surface area contributed by atoms with Crippen LogP contribution in [0.25, 0.3) is 0 Å². The summed E-state index contributed by atoms with van der Waals surface area (Å²) < 4.78 is 72.6. The van der Waals surface area contributed by atoms with Crippen LogP contribution in [-0.2, 0) is 15.4 Å². The Bertz CT molecular complexity index is 885. The minimum Gasteiger partial charge on any atom is -0.338 e. The Kier molecular flexibility index (Phi) is 3.95. The van der Waals surface area contributed by atoms with Gasteiger partial charge in [0.1, 0.15) is 4.90 Å². The van der Waals surface area contributed by atoms with E-state index in [9.17, 15) is 21.6 Å². The van der Waals surface area contributed by atoms with Crippen LogP contribution in [0, 0.1) is 20.8 Å². The van der Waals surface area contributed by atoms with E-state index in [1.807, 2.05) is 0 Å². The second kappa shape index (κ2) is 5.53. The summed E-state index contributed by atoms with van der Waals surface area (Å²) in [4.78, 5) is 3.60. The van der Waals surface area contributed by atoms with Crippen LogP contribution >= 0.6 is 0 Å². The number of halogens is 3. The molecule has 0 radical (unpaired) electrons. The Balaban J connectivity index is 2.04. The number of hydrogen-bond acceptors (Lipinski definition) is 6. The van der Waals surface area contributed by atoms with E-state index in [0.717, 1.165) is 4.31 Å². The van der Waals surface area contributed by atoms with Crippen molar-refractivity contribution in [3.8, 4) is 0 Å². The van der Waals surface area contributed by atoms with Crippen molar-refractivity contribution in [1.82, 2.24) is 24.6 Å². The molecule has 1 fully saturated rings. The third kappa shape index (κ3) is 2.63. The van der Waals surface area contributed by atoms with E-state index in [-0.39, 0.29) is 28.7 Å². The first-order valence-electron chi connectivity index (χ1n) is 7.38. The van der Waals surface area contributed by atoms with Gasteiger partial charge < -0.3 is 4.52 Å². The first-order valence-corrected chi connectivity index (χ1v) is 8.82. The van der Waals surface area contributed by atoms with E-state index >= 15 is 0 Å². The number of nitrogens with one attached hydrogen (secondary N) is 1. The molecule has 138 valence electrons. The van der Waals surface area contributed by atoms with Crippen molar-refractivity contribution in [1.29, 1.82) is 0 Å². The highest BCUT2D eigenvalue weighted by Gasteiger charge is 2.64. The summed E-state index contributed by atoms with van der Waals surface area (Å²) in [5.74, 6) is -0.558. The van der Waals surface area contributed by atoms with Crippen LogP contribution in [-0.4, -0.2) is 52.3 Å². The number of hydrogen-bond donors (Lipinski definition) is 1. The fourth-order valence-electron chi connectivity index (χ4n) is 3.05. The van der Waals surface area contributed by atoms with Crippen molar-refractivity contribution < 1.29 is 26.1 Å². The first kappa shape index (κ1) is 17.9. The van der Waals surface area contributed by atoms with Crippen molar-refractivity contribution in [2.24, 2.45) is 0 Å². The van der Waals surface area contributed by atoms with Crippen LogP contribution in [0.5, 0.6) is 0 Å². The van der Waals surface area contributed by atoms with Crippen molar-refractivity contribution in [2.75, 3.05) is 13.1 Å². The highest BCUT2D eigenvalue weighted by atomic mass is 32.2. The number of H-pyrrole nitrogens is 1. The number of aromatic nitrogens is 4. The molecule has 8 nitrogen and oxygen atoms in total. The molecule has 0 saturated carbocycles. The van der Waals surface area contributed by atoms with Crippen molar-refractivity contribution >= 4 is 10.0 Å². The highest BCUT2D eigenvalue weighted by Crippen LogP contribution is 2.48. The van der Waals surface area contributed by atoms with Gasteiger partial charge in [-0.15, -0.1) is 0 Å². The van der Waals surface area contributed by atoms with Gasteiger partial charge in [-0.3, -0.25) is 5.10 Å². The number of alkyl halides is 3. The number of sulfonamides is 1. The number of rotatable bonds is 3. The van der Waals surface area contributed by atoms with Crippen LogP contribution in [0.15, 0.2) is 9.42 Å². The van der Waals surface area contributed by atoms with Gasteiger partial charge >= 0.3 is 6.18 Å². The number of nitrogens with zero attached hydrogens (tertiary/aromatic N) is 4. The molecule has 25 heavy (non-hydrogen) atoms. The van der Waals surface area contributed by atoms with Crippen LogP contribution < -0.4 is 0 Å².